The molecule has 142 valence electrons. The van der Waals surface area contributed by atoms with Crippen molar-refractivity contribution in [2.45, 2.75) is 78.0 Å². The summed E-state index contributed by atoms with van der Waals surface area (Å²) in [7, 11) is 0. The van der Waals surface area contributed by atoms with Crippen LogP contribution in [0.25, 0.3) is 0 Å². The Bertz CT molecular complexity index is 393. The first-order valence-electron chi connectivity index (χ1n) is 8.88. The third-order valence-electron chi connectivity index (χ3n) is 3.98. The fourth-order valence-electron chi connectivity index (χ4n) is 2.88. The standard InChI is InChI=1S/C18H36N2O4/c1-16(2,3)11-14(20-15(22)24-17(4,5)6)7-9-19-18(12-21)8-10-23-13-18/h14,19,21H,7-13H2,1-6H3,(H,20,22). The molecule has 0 radical (unpaired) electrons. The van der Waals surface area contributed by atoms with Gasteiger partial charge in [-0.25, -0.2) is 4.79 Å². The summed E-state index contributed by atoms with van der Waals surface area (Å²) in [5.41, 5.74) is -0.736. The summed E-state index contributed by atoms with van der Waals surface area (Å²) in [6.45, 7) is 14.0. The summed E-state index contributed by atoms with van der Waals surface area (Å²) in [6.07, 6.45) is 2.07. The van der Waals surface area contributed by atoms with Crippen LogP contribution in [0.5, 0.6) is 0 Å². The second-order valence-corrected chi connectivity index (χ2v) is 9.06. The second-order valence-electron chi connectivity index (χ2n) is 9.06. The zero-order valence-electron chi connectivity index (χ0n) is 16.2. The lowest BCUT2D eigenvalue weighted by Gasteiger charge is -2.31. The number of alkyl carbamates (subject to hydrolysis) is 1. The van der Waals surface area contributed by atoms with Crippen LogP contribution in [0, 0.1) is 5.41 Å². The molecule has 1 rings (SSSR count). The fraction of sp³-hybridized carbons (Fsp3) is 0.944. The Morgan fingerprint density at radius 2 is 1.96 bits per heavy atom. The van der Waals surface area contributed by atoms with E-state index < -0.39 is 5.60 Å². The highest BCUT2D eigenvalue weighted by Crippen LogP contribution is 2.23. The van der Waals surface area contributed by atoms with Crippen molar-refractivity contribution in [1.29, 1.82) is 0 Å². The molecule has 0 aromatic heterocycles. The van der Waals surface area contributed by atoms with Gasteiger partial charge >= 0.3 is 6.09 Å². The average Bonchev–Trinajstić information content (AvgIpc) is 2.83. The molecule has 6 heteroatoms. The number of ether oxygens (including phenoxy) is 2. The molecule has 1 saturated heterocycles. The summed E-state index contributed by atoms with van der Waals surface area (Å²) in [4.78, 5) is 12.1. The number of carbonyl (C=O) groups is 1. The Morgan fingerprint density at radius 3 is 2.42 bits per heavy atom. The highest BCUT2D eigenvalue weighted by Gasteiger charge is 2.34. The number of hydrogen-bond donors (Lipinski definition) is 3. The molecule has 1 fully saturated rings. The third kappa shape index (κ3) is 8.31. The smallest absolute Gasteiger partial charge is 0.407 e. The SMILES string of the molecule is CC(C)(C)CC(CCNC1(CO)CCOC1)NC(=O)OC(C)(C)C. The van der Waals surface area contributed by atoms with E-state index in [1.807, 2.05) is 20.8 Å². The van der Waals surface area contributed by atoms with Gasteiger partial charge in [-0.3, -0.25) is 0 Å². The molecule has 0 saturated carbocycles. The highest BCUT2D eigenvalue weighted by atomic mass is 16.6. The lowest BCUT2D eigenvalue weighted by Crippen LogP contribution is -2.51. The van der Waals surface area contributed by atoms with E-state index in [1.165, 1.54) is 0 Å². The van der Waals surface area contributed by atoms with Crippen molar-refractivity contribution in [1.82, 2.24) is 10.6 Å². The summed E-state index contributed by atoms with van der Waals surface area (Å²) < 4.78 is 10.8. The predicted molar refractivity (Wildman–Crippen MR) is 95.1 cm³/mol. The van der Waals surface area contributed by atoms with Gasteiger partial charge < -0.3 is 25.2 Å². The van der Waals surface area contributed by atoms with E-state index in [1.54, 1.807) is 0 Å². The maximum atomic E-state index is 12.1. The van der Waals surface area contributed by atoms with Crippen LogP contribution in [0.4, 0.5) is 4.79 Å². The molecule has 2 unspecified atom stereocenters. The van der Waals surface area contributed by atoms with Gasteiger partial charge in [0.05, 0.1) is 18.8 Å². The van der Waals surface area contributed by atoms with Crippen LogP contribution in [0.3, 0.4) is 0 Å². The first kappa shape index (κ1) is 21.2. The van der Waals surface area contributed by atoms with E-state index in [2.05, 4.69) is 31.4 Å². The van der Waals surface area contributed by atoms with E-state index >= 15 is 0 Å². The Balaban J connectivity index is 2.54. The van der Waals surface area contributed by atoms with Crippen molar-refractivity contribution < 1.29 is 19.4 Å². The number of carbonyl (C=O) groups excluding carboxylic acids is 1. The average molecular weight is 344 g/mol. The van der Waals surface area contributed by atoms with Crippen LogP contribution in [0.2, 0.25) is 0 Å². The molecule has 0 spiro atoms. The molecule has 3 N–H and O–H groups in total. The Hall–Kier alpha value is -0.850. The van der Waals surface area contributed by atoms with Crippen LogP contribution in [-0.2, 0) is 9.47 Å². The summed E-state index contributed by atoms with van der Waals surface area (Å²) in [5, 5.41) is 16.0. The van der Waals surface area contributed by atoms with E-state index in [0.29, 0.717) is 19.8 Å². The zero-order valence-corrected chi connectivity index (χ0v) is 16.2. The Labute approximate surface area is 146 Å². The quantitative estimate of drug-likeness (QED) is 0.661. The minimum atomic E-state index is -0.503. The number of nitrogens with one attached hydrogen (secondary N) is 2. The minimum Gasteiger partial charge on any atom is -0.444 e. The summed E-state index contributed by atoms with van der Waals surface area (Å²) in [6, 6.07) is 0.0189. The number of hydrogen-bond acceptors (Lipinski definition) is 5. The van der Waals surface area contributed by atoms with Crippen molar-refractivity contribution in [2.75, 3.05) is 26.4 Å². The summed E-state index contributed by atoms with van der Waals surface area (Å²) in [5.74, 6) is 0. The van der Waals surface area contributed by atoms with Gasteiger partial charge in [-0.1, -0.05) is 20.8 Å². The largest absolute Gasteiger partial charge is 0.444 e. The molecular weight excluding hydrogens is 308 g/mol. The Kier molecular flexibility index (Phi) is 7.50. The van der Waals surface area contributed by atoms with Crippen LogP contribution in [0.1, 0.15) is 60.8 Å². The van der Waals surface area contributed by atoms with Crippen molar-refractivity contribution in [3.05, 3.63) is 0 Å². The molecule has 1 amide bonds. The van der Waals surface area contributed by atoms with Gasteiger partial charge in [0.25, 0.3) is 0 Å². The van der Waals surface area contributed by atoms with E-state index in [4.69, 9.17) is 9.47 Å². The lowest BCUT2D eigenvalue weighted by molar-refractivity contribution is 0.0487. The molecule has 24 heavy (non-hydrogen) atoms. The first-order chi connectivity index (χ1) is 10.9. The number of amides is 1. The maximum Gasteiger partial charge on any atom is 0.407 e. The molecule has 0 aromatic rings. The lowest BCUT2D eigenvalue weighted by atomic mass is 9.87. The van der Waals surface area contributed by atoms with Crippen molar-refractivity contribution in [2.24, 2.45) is 5.41 Å². The van der Waals surface area contributed by atoms with Crippen LogP contribution in [0.15, 0.2) is 0 Å². The second kappa shape index (κ2) is 8.50. The van der Waals surface area contributed by atoms with E-state index in [9.17, 15) is 9.90 Å². The highest BCUT2D eigenvalue weighted by molar-refractivity contribution is 5.68. The monoisotopic (exact) mass is 344 g/mol. The van der Waals surface area contributed by atoms with Crippen molar-refractivity contribution >= 4 is 6.09 Å². The third-order valence-corrected chi connectivity index (χ3v) is 3.98. The number of aliphatic hydroxyl groups is 1. The Morgan fingerprint density at radius 1 is 1.29 bits per heavy atom. The van der Waals surface area contributed by atoms with Gasteiger partial charge in [-0.05, 0) is 52.0 Å². The molecule has 2 atom stereocenters. The van der Waals surface area contributed by atoms with Gasteiger partial charge in [0.15, 0.2) is 0 Å². The predicted octanol–water partition coefficient (Wildman–Crippen LogP) is 2.45. The normalized spacial score (nSPS) is 23.1. The number of rotatable bonds is 7. The number of aliphatic hydroxyl groups excluding tert-OH is 1. The first-order valence-corrected chi connectivity index (χ1v) is 8.88. The van der Waals surface area contributed by atoms with Crippen LogP contribution < -0.4 is 10.6 Å². The molecule has 0 aromatic carbocycles. The minimum absolute atomic E-state index is 0.0189. The molecule has 1 aliphatic heterocycles. The van der Waals surface area contributed by atoms with Gasteiger partial charge in [0.1, 0.15) is 5.60 Å². The van der Waals surface area contributed by atoms with Gasteiger partial charge in [-0.15, -0.1) is 0 Å². The maximum absolute atomic E-state index is 12.1. The van der Waals surface area contributed by atoms with Crippen molar-refractivity contribution in [3.63, 3.8) is 0 Å². The molecule has 1 aliphatic rings. The van der Waals surface area contributed by atoms with Crippen LogP contribution >= 0.6 is 0 Å². The molecule has 6 nitrogen and oxygen atoms in total. The van der Waals surface area contributed by atoms with E-state index in [-0.39, 0.29) is 29.7 Å². The summed E-state index contributed by atoms with van der Waals surface area (Å²) >= 11 is 0. The molecular formula is C18H36N2O4. The van der Waals surface area contributed by atoms with E-state index in [0.717, 1.165) is 19.3 Å². The van der Waals surface area contributed by atoms with Gasteiger partial charge in [0, 0.05) is 12.6 Å². The fourth-order valence-corrected chi connectivity index (χ4v) is 2.88. The topological polar surface area (TPSA) is 79.8 Å². The molecule has 0 bridgehead atoms. The molecule has 1 heterocycles. The van der Waals surface area contributed by atoms with Gasteiger partial charge in [0.2, 0.25) is 0 Å². The zero-order chi connectivity index (χ0) is 18.4. The van der Waals surface area contributed by atoms with Crippen molar-refractivity contribution in [3.8, 4) is 0 Å². The molecule has 0 aliphatic carbocycles. The van der Waals surface area contributed by atoms with Gasteiger partial charge in [-0.2, -0.15) is 0 Å². The van der Waals surface area contributed by atoms with Crippen LogP contribution in [-0.4, -0.2) is 54.7 Å².